The first-order valence-electron chi connectivity index (χ1n) is 8.87. The van der Waals surface area contributed by atoms with Crippen molar-refractivity contribution in [1.29, 1.82) is 0 Å². The fourth-order valence-electron chi connectivity index (χ4n) is 3.15. The third-order valence-electron chi connectivity index (χ3n) is 5.54. The van der Waals surface area contributed by atoms with Gasteiger partial charge in [0.25, 0.3) is 11.8 Å². The van der Waals surface area contributed by atoms with Crippen molar-refractivity contribution in [1.82, 2.24) is 5.32 Å². The topological polar surface area (TPSA) is 47.6 Å². The van der Waals surface area contributed by atoms with Crippen LogP contribution in [0.4, 0.5) is 22.0 Å². The molecule has 10 heteroatoms. The van der Waals surface area contributed by atoms with Crippen LogP contribution in [-0.4, -0.2) is 36.2 Å². The van der Waals surface area contributed by atoms with Crippen molar-refractivity contribution in [3.63, 3.8) is 0 Å². The Balaban J connectivity index is 1.89. The summed E-state index contributed by atoms with van der Waals surface area (Å²) in [5.74, 6) is -3.94. The summed E-state index contributed by atoms with van der Waals surface area (Å²) in [5.41, 5.74) is -2.96. The molecule has 0 aromatic heterocycles. The summed E-state index contributed by atoms with van der Waals surface area (Å²) in [7, 11) is -0.952. The van der Waals surface area contributed by atoms with Crippen molar-refractivity contribution in [2.24, 2.45) is 0 Å². The second kappa shape index (κ2) is 6.42. The molecule has 0 unspecified atom stereocenters. The van der Waals surface area contributed by atoms with Gasteiger partial charge in [0.2, 0.25) is 0 Å². The first kappa shape index (κ1) is 21.0. The standard InChI is InChI=1S/C18H21BF5NO3/c1-15(2)16(3,4)28-19(27-15)10-5-6-13(18(22,23)24)12(7-10)14(26)25-11-8-17(20,21)9-11/h5-7,11H,8-9H2,1-4H3,(H,25,26). The summed E-state index contributed by atoms with van der Waals surface area (Å²) in [6.45, 7) is 7.17. The number of carbonyl (C=O) groups excluding carboxylic acids is 1. The maximum absolute atomic E-state index is 13.4. The largest absolute Gasteiger partial charge is 0.494 e. The van der Waals surface area contributed by atoms with Gasteiger partial charge in [0, 0.05) is 18.9 Å². The van der Waals surface area contributed by atoms with Crippen LogP contribution in [0.3, 0.4) is 0 Å². The molecule has 1 N–H and O–H groups in total. The molecule has 0 spiro atoms. The van der Waals surface area contributed by atoms with E-state index in [0.29, 0.717) is 0 Å². The van der Waals surface area contributed by atoms with Crippen molar-refractivity contribution in [2.45, 2.75) is 69.9 Å². The van der Waals surface area contributed by atoms with Crippen LogP contribution in [0.25, 0.3) is 0 Å². The van der Waals surface area contributed by atoms with Gasteiger partial charge in [0.15, 0.2) is 0 Å². The molecule has 2 aliphatic rings. The molecular formula is C18H21BF5NO3. The average molecular weight is 405 g/mol. The zero-order valence-electron chi connectivity index (χ0n) is 15.9. The van der Waals surface area contributed by atoms with E-state index in [-0.39, 0.29) is 5.46 Å². The summed E-state index contributed by atoms with van der Waals surface area (Å²) in [6, 6.07) is 2.17. The fourth-order valence-corrected chi connectivity index (χ4v) is 3.15. The van der Waals surface area contributed by atoms with E-state index < -0.39 is 66.3 Å². The van der Waals surface area contributed by atoms with Gasteiger partial charge >= 0.3 is 13.3 Å². The van der Waals surface area contributed by atoms with Crippen LogP contribution < -0.4 is 10.8 Å². The molecular weight excluding hydrogens is 384 g/mol. The summed E-state index contributed by atoms with van der Waals surface area (Å²) < 4.78 is 77.6. The predicted molar refractivity (Wildman–Crippen MR) is 92.6 cm³/mol. The van der Waals surface area contributed by atoms with E-state index in [0.717, 1.165) is 12.1 Å². The fraction of sp³-hybridized carbons (Fsp3) is 0.611. The minimum Gasteiger partial charge on any atom is -0.399 e. The smallest absolute Gasteiger partial charge is 0.399 e. The number of benzene rings is 1. The number of hydrogen-bond acceptors (Lipinski definition) is 3. The van der Waals surface area contributed by atoms with Gasteiger partial charge in [0.05, 0.1) is 22.3 Å². The number of hydrogen-bond donors (Lipinski definition) is 1. The van der Waals surface area contributed by atoms with Gasteiger partial charge in [0.1, 0.15) is 0 Å². The van der Waals surface area contributed by atoms with Gasteiger partial charge in [-0.25, -0.2) is 8.78 Å². The molecule has 154 valence electrons. The van der Waals surface area contributed by atoms with E-state index in [1.165, 1.54) is 6.07 Å². The molecule has 0 bridgehead atoms. The van der Waals surface area contributed by atoms with Gasteiger partial charge in [-0.1, -0.05) is 6.07 Å². The number of rotatable bonds is 3. The molecule has 2 fully saturated rings. The van der Waals surface area contributed by atoms with Crippen LogP contribution >= 0.6 is 0 Å². The summed E-state index contributed by atoms with van der Waals surface area (Å²) in [5, 5.41) is 2.25. The monoisotopic (exact) mass is 405 g/mol. The third kappa shape index (κ3) is 3.89. The predicted octanol–water partition coefficient (Wildman–Crippen LogP) is 3.53. The number of carbonyl (C=O) groups is 1. The first-order chi connectivity index (χ1) is 12.6. The molecule has 1 aliphatic carbocycles. The Morgan fingerprint density at radius 3 is 2.11 bits per heavy atom. The van der Waals surface area contributed by atoms with E-state index >= 15 is 0 Å². The molecule has 0 atom stereocenters. The highest BCUT2D eigenvalue weighted by Gasteiger charge is 2.52. The van der Waals surface area contributed by atoms with E-state index in [1.807, 2.05) is 0 Å². The molecule has 1 saturated heterocycles. The Kier molecular flexibility index (Phi) is 4.82. The highest BCUT2D eigenvalue weighted by atomic mass is 19.4. The summed E-state index contributed by atoms with van der Waals surface area (Å²) in [6.07, 6.45) is -5.95. The summed E-state index contributed by atoms with van der Waals surface area (Å²) in [4.78, 5) is 12.4. The number of nitrogens with one attached hydrogen (secondary N) is 1. The molecule has 4 nitrogen and oxygen atoms in total. The minimum absolute atomic E-state index is 0.246. The average Bonchev–Trinajstić information content (AvgIpc) is 2.72. The van der Waals surface area contributed by atoms with Crippen molar-refractivity contribution in [3.8, 4) is 0 Å². The van der Waals surface area contributed by atoms with Gasteiger partial charge in [-0.3, -0.25) is 4.79 Å². The maximum atomic E-state index is 13.4. The highest BCUT2D eigenvalue weighted by molar-refractivity contribution is 6.62. The van der Waals surface area contributed by atoms with Crippen molar-refractivity contribution in [3.05, 3.63) is 29.3 Å². The maximum Gasteiger partial charge on any atom is 0.494 e. The van der Waals surface area contributed by atoms with E-state index in [2.05, 4.69) is 5.32 Å². The second-order valence-electron chi connectivity index (χ2n) is 8.33. The second-order valence-corrected chi connectivity index (χ2v) is 8.33. The Bertz CT molecular complexity index is 770. The molecule has 3 rings (SSSR count). The Morgan fingerprint density at radius 1 is 1.11 bits per heavy atom. The number of amides is 1. The Morgan fingerprint density at radius 2 is 1.64 bits per heavy atom. The summed E-state index contributed by atoms with van der Waals surface area (Å²) >= 11 is 0. The quantitative estimate of drug-likeness (QED) is 0.619. The van der Waals surface area contributed by atoms with E-state index in [4.69, 9.17) is 9.31 Å². The molecule has 1 heterocycles. The molecule has 1 amide bonds. The highest BCUT2D eigenvalue weighted by Crippen LogP contribution is 2.39. The van der Waals surface area contributed by atoms with Crippen LogP contribution in [0, 0.1) is 0 Å². The normalized spacial score (nSPS) is 23.4. The van der Waals surface area contributed by atoms with Crippen LogP contribution in [0.5, 0.6) is 0 Å². The van der Waals surface area contributed by atoms with Crippen LogP contribution in [0.15, 0.2) is 18.2 Å². The van der Waals surface area contributed by atoms with Crippen molar-refractivity contribution in [2.75, 3.05) is 0 Å². The molecule has 1 aromatic carbocycles. The van der Waals surface area contributed by atoms with Crippen molar-refractivity contribution >= 4 is 18.5 Å². The zero-order chi connectivity index (χ0) is 21.1. The lowest BCUT2D eigenvalue weighted by atomic mass is 9.77. The van der Waals surface area contributed by atoms with Gasteiger partial charge < -0.3 is 14.6 Å². The molecule has 1 saturated carbocycles. The molecule has 28 heavy (non-hydrogen) atoms. The van der Waals surface area contributed by atoms with Crippen molar-refractivity contribution < 1.29 is 36.1 Å². The van der Waals surface area contributed by atoms with E-state index in [1.54, 1.807) is 27.7 Å². The van der Waals surface area contributed by atoms with Crippen LogP contribution in [0.1, 0.15) is 56.5 Å². The molecule has 0 radical (unpaired) electrons. The zero-order valence-corrected chi connectivity index (χ0v) is 15.9. The lowest BCUT2D eigenvalue weighted by Crippen LogP contribution is -2.51. The first-order valence-corrected chi connectivity index (χ1v) is 8.87. The minimum atomic E-state index is -4.77. The Labute approximate surface area is 159 Å². The number of halogens is 5. The third-order valence-corrected chi connectivity index (χ3v) is 5.54. The molecule has 1 aliphatic heterocycles. The SMILES string of the molecule is CC1(C)OB(c2ccc(C(F)(F)F)c(C(=O)NC3CC(F)(F)C3)c2)OC1(C)C. The Hall–Kier alpha value is -1.68. The van der Waals surface area contributed by atoms with Gasteiger partial charge in [-0.15, -0.1) is 0 Å². The van der Waals surface area contributed by atoms with Gasteiger partial charge in [-0.05, 0) is 45.3 Å². The van der Waals surface area contributed by atoms with Crippen LogP contribution in [-0.2, 0) is 15.5 Å². The van der Waals surface area contributed by atoms with E-state index in [9.17, 15) is 26.7 Å². The van der Waals surface area contributed by atoms with Crippen LogP contribution in [0.2, 0.25) is 0 Å². The molecule has 1 aromatic rings. The van der Waals surface area contributed by atoms with Gasteiger partial charge in [-0.2, -0.15) is 13.2 Å². The lowest BCUT2D eigenvalue weighted by molar-refractivity contribution is -0.138. The lowest BCUT2D eigenvalue weighted by Gasteiger charge is -2.35. The number of alkyl halides is 5.